The first-order valence-electron chi connectivity index (χ1n) is 33.0. The second-order valence-corrected chi connectivity index (χ2v) is 27.1. The Balaban J connectivity index is 1.85. The van der Waals surface area contributed by atoms with Gasteiger partial charge in [0.05, 0.1) is 105 Å². The van der Waals surface area contributed by atoms with Gasteiger partial charge in [-0.25, -0.2) is 0 Å². The van der Waals surface area contributed by atoms with E-state index in [2.05, 4.69) is 270 Å². The van der Waals surface area contributed by atoms with Gasteiger partial charge < -0.3 is 0 Å². The summed E-state index contributed by atoms with van der Waals surface area (Å²) in [6.07, 6.45) is 20.2. The van der Waals surface area contributed by atoms with E-state index >= 15 is 0 Å². The summed E-state index contributed by atoms with van der Waals surface area (Å²) >= 11 is 0. The van der Waals surface area contributed by atoms with Crippen LogP contribution in [0.5, 0.6) is 0 Å². The lowest BCUT2D eigenvalue weighted by Crippen LogP contribution is -2.72. The first-order chi connectivity index (χ1) is 43.1. The van der Waals surface area contributed by atoms with Gasteiger partial charge in [0.15, 0.2) is 0 Å². The molecule has 0 radical (unpaired) electrons. The molecule has 0 bridgehead atoms. The number of fused-ring (bicyclic) bond motifs is 6. The molecule has 0 atom stereocenters. The van der Waals surface area contributed by atoms with Crippen molar-refractivity contribution in [2.24, 2.45) is 0 Å². The molecule has 18 heteroatoms. The Hall–Kier alpha value is -7.73. The Labute approximate surface area is 561 Å². The maximum atomic E-state index is 6.47. The van der Waals surface area contributed by atoms with Crippen LogP contribution in [0.15, 0.2) is 0 Å². The van der Waals surface area contributed by atoms with Gasteiger partial charge in [-0.1, -0.05) is 57.5 Å². The fraction of sp³-hybridized carbons (Fsp3) is 0.233. The Kier molecular flexibility index (Phi) is 20.7. The lowest BCUT2D eigenvalue weighted by atomic mass is 8.67. The van der Waals surface area contributed by atoms with Crippen LogP contribution >= 0.6 is 0 Å². The van der Waals surface area contributed by atoms with Crippen molar-refractivity contribution in [3.63, 3.8) is 0 Å². The zero-order valence-corrected chi connectivity index (χ0v) is 60.1. The van der Waals surface area contributed by atoms with Crippen molar-refractivity contribution < 1.29 is 0 Å². The third kappa shape index (κ3) is 10.9. The average molecular weight is 1150 g/mol. The molecule has 0 aliphatic heterocycles. The lowest BCUT2D eigenvalue weighted by molar-refractivity contribution is 1.24. The van der Waals surface area contributed by atoms with Gasteiger partial charge in [-0.05, 0) is 303 Å². The highest BCUT2D eigenvalue weighted by Crippen LogP contribution is 2.54. The quantitative estimate of drug-likeness (QED) is 0.0789. The zero-order valence-electron chi connectivity index (χ0n) is 60.1. The largest absolute Gasteiger partial charge is 0.139 e. The molecule has 0 nitrogen and oxygen atoms in total. The van der Waals surface area contributed by atoms with E-state index < -0.39 is 0 Å². The summed E-state index contributed by atoms with van der Waals surface area (Å²) in [5, 5.41) is 11.7. The van der Waals surface area contributed by atoms with E-state index in [1.54, 1.807) is 10.9 Å². The van der Waals surface area contributed by atoms with Gasteiger partial charge in [0.1, 0.15) is 15.0 Å². The van der Waals surface area contributed by atoms with E-state index in [1.807, 2.05) is 13.8 Å². The number of rotatable bonds is 10. The van der Waals surface area contributed by atoms with Crippen molar-refractivity contribution in [2.75, 3.05) is 0 Å². The molecule has 0 fully saturated rings. The standard InChI is InChI=1S/C73H76B18/c1-21-26-29-31-35-54-55(34-30-27-22-2)66-57(45(15)44(14)56-48(18)51(25-5)52(32-24-4)53(65(56)66)33-28-23-3)49(19)59(54)67-60-40(10)36(6)38(8)42(12)62(60)68(63-43(13)39(9)37(7)41(11)61(63)67)64-50(20)58-46(16)47(17)72(86(88(77)78)89(79)80)73(69(58)70(74)71(64)84-75)87(90(81)82)91(83)85-76/h1,3,5,84-85H,74-83H2,2,4,6-20H3. The molecule has 8 rings (SSSR count). The first-order valence-corrected chi connectivity index (χ1v) is 33.0. The molecule has 0 spiro atoms. The Morgan fingerprint density at radius 3 is 1.18 bits per heavy atom. The molecular formula is C73H76B18. The van der Waals surface area contributed by atoms with E-state index in [0.29, 0.717) is 60.8 Å². The van der Waals surface area contributed by atoms with Gasteiger partial charge in [0.2, 0.25) is 0 Å². The van der Waals surface area contributed by atoms with Crippen LogP contribution in [0.25, 0.3) is 76.1 Å². The van der Waals surface area contributed by atoms with Crippen LogP contribution < -0.4 is 21.9 Å². The highest BCUT2D eigenvalue weighted by Gasteiger charge is 2.40. The Morgan fingerprint density at radius 1 is 0.330 bits per heavy atom. The van der Waals surface area contributed by atoms with Crippen molar-refractivity contribution in [2.45, 2.75) is 118 Å². The minimum Gasteiger partial charge on any atom is -0.115 e. The molecule has 0 aliphatic carbocycles. The number of benzene rings is 8. The fourth-order valence-electron chi connectivity index (χ4n) is 16.8. The summed E-state index contributed by atoms with van der Waals surface area (Å²) in [4.78, 5) is 0. The number of hydrogen-bond donors (Lipinski definition) is 0. The van der Waals surface area contributed by atoms with Gasteiger partial charge in [0.25, 0.3) is 0 Å². The van der Waals surface area contributed by atoms with Gasteiger partial charge in [-0.3, -0.25) is 0 Å². The Morgan fingerprint density at radius 2 is 0.736 bits per heavy atom. The van der Waals surface area contributed by atoms with Gasteiger partial charge in [-0.15, -0.1) is 30.7 Å². The molecule has 91 heavy (non-hydrogen) atoms. The molecule has 8 aromatic carbocycles. The highest BCUT2D eigenvalue weighted by atomic mass is 14.3. The van der Waals surface area contributed by atoms with E-state index in [0.717, 1.165) is 74.7 Å². The molecule has 0 unspecified atom stereocenters. The fourth-order valence-corrected chi connectivity index (χ4v) is 16.8. The molecule has 0 amide bonds. The summed E-state index contributed by atoms with van der Waals surface area (Å²) < 4.78 is 0. The Bertz CT molecular complexity index is 5050. The van der Waals surface area contributed by atoms with Crippen molar-refractivity contribution in [3.8, 4) is 130 Å². The minimum atomic E-state index is 0.371. The normalized spacial score (nSPS) is 10.4. The topological polar surface area (TPSA) is 0 Å². The van der Waals surface area contributed by atoms with Crippen molar-refractivity contribution in [1.82, 2.24) is 0 Å². The maximum Gasteiger partial charge on any atom is 0.139 e. The second-order valence-electron chi connectivity index (χ2n) is 27.1. The molecule has 0 aliphatic rings. The van der Waals surface area contributed by atoms with Crippen LogP contribution in [0.3, 0.4) is 0 Å². The monoisotopic (exact) mass is 1150 g/mol. The minimum absolute atomic E-state index is 0.371. The molecule has 0 saturated heterocycles. The number of terminal acetylenes is 3. The van der Waals surface area contributed by atoms with E-state index in [-0.39, 0.29) is 0 Å². The van der Waals surface area contributed by atoms with Crippen molar-refractivity contribution in [3.05, 3.63) is 111 Å². The number of hydrogen-bond acceptors (Lipinski definition) is 0. The molecule has 422 valence electrons. The van der Waals surface area contributed by atoms with Crippen molar-refractivity contribution >= 4 is 206 Å². The predicted octanol–water partition coefficient (Wildman–Crippen LogP) is 0.0678. The van der Waals surface area contributed by atoms with Crippen LogP contribution in [0.2, 0.25) is 0 Å². The van der Waals surface area contributed by atoms with Crippen molar-refractivity contribution in [1.29, 1.82) is 0 Å². The maximum absolute atomic E-state index is 6.47. The smallest absolute Gasteiger partial charge is 0.115 e. The third-order valence-corrected chi connectivity index (χ3v) is 21.8. The molecule has 0 saturated carbocycles. The van der Waals surface area contributed by atoms with Crippen LogP contribution in [-0.4, -0.2) is 130 Å². The average Bonchev–Trinajstić information content (AvgIpc) is 0.693. The van der Waals surface area contributed by atoms with E-state index in [9.17, 15) is 0 Å². The summed E-state index contributed by atoms with van der Waals surface area (Å²) in [5.41, 5.74) is 32.8. The van der Waals surface area contributed by atoms with E-state index in [4.69, 9.17) is 19.3 Å². The van der Waals surface area contributed by atoms with E-state index in [1.165, 1.54) is 116 Å². The first kappa shape index (κ1) is 69.2. The zero-order chi connectivity index (χ0) is 67.4. The van der Waals surface area contributed by atoms with Crippen LogP contribution in [0.4, 0.5) is 0 Å². The SMILES string of the molecule is BBB(B)B(B(B)B)c1c(B(B(B)B)B(B)B)c(C)c(C)c2c(C)c(-c3c4c(C)c(C)c(C)c(C)c4c(-c4c(C#CC#CC#C)c(C#CC#CC)c5c(c4C)c(C)c(C)c4c(C)c(C#C)c(C#CC)c(C#CC#C)c45)c4c(C)c(C)c(C)c(C)c34)c(BB)c(B)c12. The van der Waals surface area contributed by atoms with Gasteiger partial charge in [0, 0.05) is 54.5 Å². The van der Waals surface area contributed by atoms with Crippen LogP contribution in [0.1, 0.15) is 125 Å². The summed E-state index contributed by atoms with van der Waals surface area (Å²) in [6, 6.07) is 0. The molecule has 8 aromatic rings. The van der Waals surface area contributed by atoms with Crippen LogP contribution in [-0.2, 0) is 0 Å². The highest BCUT2D eigenvalue weighted by molar-refractivity contribution is 7.89. The lowest BCUT2D eigenvalue weighted by Gasteiger charge is -2.36. The molecule has 0 N–H and O–H groups in total. The van der Waals surface area contributed by atoms with Crippen LogP contribution in [0, 0.1) is 212 Å². The second kappa shape index (κ2) is 27.2. The predicted molar refractivity (Wildman–Crippen MR) is 449 cm³/mol. The molecular weight excluding hydrogens is 1070 g/mol. The molecule has 0 heterocycles. The third-order valence-electron chi connectivity index (χ3n) is 21.8. The summed E-state index contributed by atoms with van der Waals surface area (Å²) in [6.45, 7) is 39.4. The summed E-state index contributed by atoms with van der Waals surface area (Å²) in [5.74, 6) is 47.3. The van der Waals surface area contributed by atoms with Gasteiger partial charge >= 0.3 is 0 Å². The molecule has 0 aromatic heterocycles. The van der Waals surface area contributed by atoms with Gasteiger partial charge in [-0.2, -0.15) is 0 Å². The number of aryl methyl sites for hydroxylation is 10. The summed E-state index contributed by atoms with van der Waals surface area (Å²) in [7, 11) is 26.5.